The van der Waals surface area contributed by atoms with Crippen LogP contribution in [0, 0.1) is 34.0 Å². The van der Waals surface area contributed by atoms with E-state index in [1.54, 1.807) is 0 Å². The van der Waals surface area contributed by atoms with E-state index in [-0.39, 0.29) is 29.8 Å². The second kappa shape index (κ2) is 6.33. The van der Waals surface area contributed by atoms with E-state index < -0.39 is 46.9 Å². The Hall–Kier alpha value is -1.44. The van der Waals surface area contributed by atoms with Gasteiger partial charge in [0.2, 0.25) is 5.79 Å². The Labute approximate surface area is 183 Å². The van der Waals surface area contributed by atoms with Gasteiger partial charge >= 0.3 is 11.9 Å². The summed E-state index contributed by atoms with van der Waals surface area (Å²) >= 11 is 0. The first-order chi connectivity index (χ1) is 14.4. The third-order valence-electron chi connectivity index (χ3n) is 9.57. The molecule has 4 aliphatic carbocycles. The Kier molecular flexibility index (Phi) is 4.37. The molecule has 0 aromatic rings. The monoisotopic (exact) mass is 434 g/mol. The molecule has 2 heterocycles. The molecule has 0 unspecified atom stereocenters. The zero-order valence-corrected chi connectivity index (χ0v) is 18.8. The van der Waals surface area contributed by atoms with Gasteiger partial charge in [-0.3, -0.25) is 9.59 Å². The summed E-state index contributed by atoms with van der Waals surface area (Å²) in [7, 11) is 0. The van der Waals surface area contributed by atoms with Crippen molar-refractivity contribution in [3.05, 3.63) is 12.2 Å². The van der Waals surface area contributed by atoms with Crippen molar-refractivity contribution in [3.63, 3.8) is 0 Å². The normalized spacial score (nSPS) is 51.6. The van der Waals surface area contributed by atoms with Gasteiger partial charge in [0.25, 0.3) is 0 Å². The third-order valence-corrected chi connectivity index (χ3v) is 9.57. The average molecular weight is 435 g/mol. The number of carbonyl (C=O) groups is 2. The molecular formula is C24H34O7. The second-order valence-corrected chi connectivity index (χ2v) is 11.3. The van der Waals surface area contributed by atoms with Gasteiger partial charge in [-0.15, -0.1) is 0 Å². The minimum atomic E-state index is -1.82. The van der Waals surface area contributed by atoms with Gasteiger partial charge in [0.15, 0.2) is 6.10 Å². The van der Waals surface area contributed by atoms with Crippen molar-refractivity contribution in [2.24, 2.45) is 34.0 Å². The van der Waals surface area contributed by atoms with Crippen molar-refractivity contribution >= 4 is 11.9 Å². The van der Waals surface area contributed by atoms with Crippen molar-refractivity contribution in [2.45, 2.75) is 83.9 Å². The Morgan fingerprint density at radius 3 is 2.45 bits per heavy atom. The molecule has 2 spiro atoms. The molecule has 2 aliphatic heterocycles. The predicted molar refractivity (Wildman–Crippen MR) is 109 cm³/mol. The summed E-state index contributed by atoms with van der Waals surface area (Å²) in [4.78, 5) is 24.3. The van der Waals surface area contributed by atoms with Crippen LogP contribution in [-0.2, 0) is 23.8 Å². The quantitative estimate of drug-likeness (QED) is 0.508. The molecule has 2 saturated heterocycles. The fraction of sp³-hybridized carbons (Fsp3) is 0.833. The van der Waals surface area contributed by atoms with Crippen LogP contribution in [0.25, 0.3) is 0 Å². The van der Waals surface area contributed by atoms with Gasteiger partial charge in [0.1, 0.15) is 6.10 Å². The lowest BCUT2D eigenvalue weighted by atomic mass is 9.36. The zero-order chi connectivity index (χ0) is 22.6. The molecule has 2 N–H and O–H groups in total. The number of aliphatic hydroxyl groups is 2. The Balaban J connectivity index is 1.77. The summed E-state index contributed by atoms with van der Waals surface area (Å²) in [5.41, 5.74) is -1.17. The van der Waals surface area contributed by atoms with Crippen LogP contribution in [0.1, 0.15) is 59.8 Å². The fourth-order valence-electron chi connectivity index (χ4n) is 8.67. The predicted octanol–water partition coefficient (Wildman–Crippen LogP) is 2.34. The van der Waals surface area contributed by atoms with Crippen LogP contribution < -0.4 is 0 Å². The molecule has 0 aromatic heterocycles. The maximum Gasteiger partial charge on any atom is 0.303 e. The van der Waals surface area contributed by atoms with E-state index in [1.165, 1.54) is 13.8 Å². The summed E-state index contributed by atoms with van der Waals surface area (Å²) in [6.45, 7) is 11.4. The van der Waals surface area contributed by atoms with Crippen LogP contribution in [0.4, 0.5) is 0 Å². The summed E-state index contributed by atoms with van der Waals surface area (Å²) in [5.74, 6) is -3.08. The minimum Gasteiger partial charge on any atom is -0.457 e. The molecule has 4 saturated carbocycles. The lowest BCUT2D eigenvalue weighted by molar-refractivity contribution is -0.465. The number of aliphatic hydroxyl groups excluding tert-OH is 1. The second-order valence-electron chi connectivity index (χ2n) is 11.3. The molecule has 9 atom stereocenters. The third kappa shape index (κ3) is 2.35. The molecule has 4 bridgehead atoms. The standard InChI is InChI=1S/C24H34O7/c1-12-15-6-7-16-22-11-29-24(28,23(16,10-15)19(12)30-13(2)25)20(31-14(3)26)18(22)21(4,5)9-8-17(22)27/h15-20,27-28H,1,6-11H2,2-5H3/t15-,16-,17+,18+,19+,20-,22+,23-,24-/m0/s1. The van der Waals surface area contributed by atoms with Crippen molar-refractivity contribution < 1.29 is 34.0 Å². The van der Waals surface area contributed by atoms with Crippen LogP contribution in [0.2, 0.25) is 0 Å². The number of ether oxygens (including phenoxy) is 3. The highest BCUT2D eigenvalue weighted by Crippen LogP contribution is 2.78. The van der Waals surface area contributed by atoms with Crippen molar-refractivity contribution in [2.75, 3.05) is 6.61 Å². The molecule has 6 rings (SSSR count). The molecule has 0 aromatic carbocycles. The number of fused-ring (bicyclic) bond motifs is 2. The van der Waals surface area contributed by atoms with Crippen molar-refractivity contribution in [3.8, 4) is 0 Å². The Bertz CT molecular complexity index is 851. The van der Waals surface area contributed by atoms with E-state index in [0.29, 0.717) is 12.8 Å². The zero-order valence-electron chi connectivity index (χ0n) is 18.8. The molecular weight excluding hydrogens is 400 g/mol. The molecule has 7 heteroatoms. The van der Waals surface area contributed by atoms with Crippen LogP contribution >= 0.6 is 0 Å². The molecule has 0 amide bonds. The number of esters is 2. The topological polar surface area (TPSA) is 102 Å². The maximum absolute atomic E-state index is 12.3. The summed E-state index contributed by atoms with van der Waals surface area (Å²) in [6, 6.07) is 0. The Morgan fingerprint density at radius 2 is 1.81 bits per heavy atom. The minimum absolute atomic E-state index is 0.0918. The van der Waals surface area contributed by atoms with E-state index in [9.17, 15) is 19.8 Å². The van der Waals surface area contributed by atoms with Gasteiger partial charge in [0, 0.05) is 25.2 Å². The van der Waals surface area contributed by atoms with Gasteiger partial charge in [0.05, 0.1) is 18.1 Å². The molecule has 172 valence electrons. The maximum atomic E-state index is 12.3. The molecule has 0 radical (unpaired) electrons. The molecule has 6 aliphatic rings. The first-order valence-corrected chi connectivity index (χ1v) is 11.5. The Morgan fingerprint density at radius 1 is 1.13 bits per heavy atom. The summed E-state index contributed by atoms with van der Waals surface area (Å²) in [6.07, 6.45) is 1.24. The van der Waals surface area contributed by atoms with Crippen LogP contribution in [-0.4, -0.2) is 52.9 Å². The smallest absolute Gasteiger partial charge is 0.303 e. The van der Waals surface area contributed by atoms with Crippen molar-refractivity contribution in [1.29, 1.82) is 0 Å². The number of carbonyl (C=O) groups excluding carboxylic acids is 2. The molecule has 31 heavy (non-hydrogen) atoms. The number of rotatable bonds is 2. The van der Waals surface area contributed by atoms with E-state index in [4.69, 9.17) is 14.2 Å². The lowest BCUT2D eigenvalue weighted by Crippen LogP contribution is -2.84. The van der Waals surface area contributed by atoms with Crippen LogP contribution in [0.3, 0.4) is 0 Å². The van der Waals surface area contributed by atoms with Crippen molar-refractivity contribution in [1.82, 2.24) is 0 Å². The van der Waals surface area contributed by atoms with E-state index in [0.717, 1.165) is 24.8 Å². The van der Waals surface area contributed by atoms with Crippen LogP contribution in [0.5, 0.6) is 0 Å². The van der Waals surface area contributed by atoms with Gasteiger partial charge in [-0.05, 0) is 54.9 Å². The van der Waals surface area contributed by atoms with Gasteiger partial charge < -0.3 is 24.4 Å². The lowest BCUT2D eigenvalue weighted by Gasteiger charge is -2.75. The molecule has 6 fully saturated rings. The summed E-state index contributed by atoms with van der Waals surface area (Å²) in [5, 5.41) is 23.9. The number of hydrogen-bond donors (Lipinski definition) is 2. The fourth-order valence-corrected chi connectivity index (χ4v) is 8.67. The molecule has 7 nitrogen and oxygen atoms in total. The van der Waals surface area contributed by atoms with Crippen LogP contribution in [0.15, 0.2) is 12.2 Å². The van der Waals surface area contributed by atoms with Gasteiger partial charge in [-0.25, -0.2) is 0 Å². The van der Waals surface area contributed by atoms with E-state index in [2.05, 4.69) is 20.4 Å². The summed E-state index contributed by atoms with van der Waals surface area (Å²) < 4.78 is 17.9. The SMILES string of the molecule is C=C1[C@H]2CC[C@H]3[C@@]45CO[C@@](O)([C@@H](OC(C)=O)[C@@H]4C(C)(C)CC[C@H]5O)[C@]3(C2)[C@@H]1OC(C)=O. The highest BCUT2D eigenvalue weighted by Gasteiger charge is 2.85. The highest BCUT2D eigenvalue weighted by molar-refractivity contribution is 5.67. The first-order valence-electron chi connectivity index (χ1n) is 11.5. The van der Waals surface area contributed by atoms with E-state index in [1.807, 2.05) is 0 Å². The largest absolute Gasteiger partial charge is 0.457 e. The van der Waals surface area contributed by atoms with E-state index >= 15 is 0 Å². The highest BCUT2D eigenvalue weighted by atomic mass is 16.7. The first kappa shape index (κ1) is 21.4. The average Bonchev–Trinajstić information content (AvgIpc) is 2.87. The number of hydrogen-bond acceptors (Lipinski definition) is 7. The van der Waals surface area contributed by atoms with Gasteiger partial charge in [-0.1, -0.05) is 20.4 Å². The van der Waals surface area contributed by atoms with Gasteiger partial charge in [-0.2, -0.15) is 0 Å².